The molecule has 1 heterocycles. The number of amides is 2. The van der Waals surface area contributed by atoms with Crippen molar-refractivity contribution in [3.8, 4) is 0 Å². The largest absolute Gasteiger partial charge is 0.480 e. The second-order valence-corrected chi connectivity index (χ2v) is 5.64. The highest BCUT2D eigenvalue weighted by molar-refractivity contribution is 5.83. The van der Waals surface area contributed by atoms with Crippen LogP contribution in [0.25, 0.3) is 0 Å². The van der Waals surface area contributed by atoms with E-state index in [-0.39, 0.29) is 18.0 Å². The highest BCUT2D eigenvalue weighted by Gasteiger charge is 2.30. The SMILES string of the molecule is CCCC1CCCCN1C(=O)NC(C(=O)O)C(C)C. The molecule has 19 heavy (non-hydrogen) atoms. The third-order valence-corrected chi connectivity index (χ3v) is 3.72. The molecule has 1 rings (SSSR count). The Hall–Kier alpha value is -1.26. The van der Waals surface area contributed by atoms with Crippen LogP contribution in [0.1, 0.15) is 52.9 Å². The number of hydrogen-bond donors (Lipinski definition) is 2. The molecule has 0 spiro atoms. The Balaban J connectivity index is 2.66. The average molecular weight is 270 g/mol. The summed E-state index contributed by atoms with van der Waals surface area (Å²) < 4.78 is 0. The van der Waals surface area contributed by atoms with Gasteiger partial charge in [-0.3, -0.25) is 0 Å². The van der Waals surface area contributed by atoms with Crippen LogP contribution in [0.4, 0.5) is 4.79 Å². The fourth-order valence-corrected chi connectivity index (χ4v) is 2.63. The lowest BCUT2D eigenvalue weighted by Crippen LogP contribution is -2.54. The number of rotatable bonds is 5. The predicted octanol–water partition coefficient (Wildman–Crippen LogP) is 2.46. The van der Waals surface area contributed by atoms with Crippen LogP contribution in [0.15, 0.2) is 0 Å². The molecule has 110 valence electrons. The smallest absolute Gasteiger partial charge is 0.326 e. The molecule has 0 aliphatic carbocycles. The quantitative estimate of drug-likeness (QED) is 0.806. The molecule has 0 aromatic rings. The molecule has 1 fully saturated rings. The summed E-state index contributed by atoms with van der Waals surface area (Å²) in [6.07, 6.45) is 5.22. The van der Waals surface area contributed by atoms with E-state index in [9.17, 15) is 9.59 Å². The first-order valence-electron chi connectivity index (χ1n) is 7.27. The summed E-state index contributed by atoms with van der Waals surface area (Å²) in [6.45, 7) is 6.46. The zero-order valence-corrected chi connectivity index (χ0v) is 12.2. The van der Waals surface area contributed by atoms with Crippen molar-refractivity contribution >= 4 is 12.0 Å². The molecule has 1 saturated heterocycles. The van der Waals surface area contributed by atoms with Crippen LogP contribution < -0.4 is 5.32 Å². The van der Waals surface area contributed by atoms with E-state index in [1.807, 2.05) is 4.90 Å². The van der Waals surface area contributed by atoms with E-state index in [1.54, 1.807) is 13.8 Å². The highest BCUT2D eigenvalue weighted by Crippen LogP contribution is 2.21. The number of aliphatic carboxylic acids is 1. The van der Waals surface area contributed by atoms with Crippen LogP contribution in [-0.4, -0.2) is 40.6 Å². The summed E-state index contributed by atoms with van der Waals surface area (Å²) in [7, 11) is 0. The Morgan fingerprint density at radius 1 is 1.37 bits per heavy atom. The minimum Gasteiger partial charge on any atom is -0.480 e. The molecule has 0 aromatic heterocycles. The zero-order chi connectivity index (χ0) is 14.4. The monoisotopic (exact) mass is 270 g/mol. The number of nitrogens with zero attached hydrogens (tertiary/aromatic N) is 1. The molecule has 0 saturated carbocycles. The van der Waals surface area contributed by atoms with Gasteiger partial charge >= 0.3 is 12.0 Å². The van der Waals surface area contributed by atoms with Crippen LogP contribution >= 0.6 is 0 Å². The van der Waals surface area contributed by atoms with E-state index in [0.717, 1.165) is 38.6 Å². The van der Waals surface area contributed by atoms with Gasteiger partial charge in [0.1, 0.15) is 6.04 Å². The number of carboxylic acids is 1. The van der Waals surface area contributed by atoms with Crippen LogP contribution in [0.5, 0.6) is 0 Å². The van der Waals surface area contributed by atoms with Gasteiger partial charge in [0.2, 0.25) is 0 Å². The van der Waals surface area contributed by atoms with Crippen LogP contribution in [-0.2, 0) is 4.79 Å². The summed E-state index contributed by atoms with van der Waals surface area (Å²) in [5.74, 6) is -1.08. The number of nitrogens with one attached hydrogen (secondary N) is 1. The van der Waals surface area contributed by atoms with Gasteiger partial charge in [-0.05, 0) is 31.6 Å². The number of urea groups is 1. The molecule has 5 heteroatoms. The maximum absolute atomic E-state index is 12.3. The Morgan fingerprint density at radius 3 is 2.58 bits per heavy atom. The molecule has 2 N–H and O–H groups in total. The van der Waals surface area contributed by atoms with E-state index < -0.39 is 12.0 Å². The molecule has 2 amide bonds. The summed E-state index contributed by atoms with van der Waals surface area (Å²) in [5.41, 5.74) is 0. The van der Waals surface area contributed by atoms with Gasteiger partial charge in [-0.1, -0.05) is 27.2 Å². The summed E-state index contributed by atoms with van der Waals surface area (Å²) in [6, 6.07) is -0.767. The molecule has 1 aliphatic heterocycles. The molecule has 0 radical (unpaired) electrons. The van der Waals surface area contributed by atoms with Crippen molar-refractivity contribution in [2.75, 3.05) is 6.54 Å². The maximum atomic E-state index is 12.3. The normalized spacial score (nSPS) is 21.3. The van der Waals surface area contributed by atoms with Crippen LogP contribution in [0, 0.1) is 5.92 Å². The summed E-state index contributed by atoms with van der Waals surface area (Å²) >= 11 is 0. The minimum atomic E-state index is -0.965. The van der Waals surface area contributed by atoms with E-state index in [2.05, 4.69) is 12.2 Å². The van der Waals surface area contributed by atoms with Crippen molar-refractivity contribution < 1.29 is 14.7 Å². The molecule has 0 aromatic carbocycles. The van der Waals surface area contributed by atoms with Crippen molar-refractivity contribution in [2.45, 2.75) is 65.0 Å². The maximum Gasteiger partial charge on any atom is 0.326 e. The molecular formula is C14H26N2O3. The van der Waals surface area contributed by atoms with E-state index in [4.69, 9.17) is 5.11 Å². The van der Waals surface area contributed by atoms with Gasteiger partial charge in [0.25, 0.3) is 0 Å². The molecule has 2 atom stereocenters. The average Bonchev–Trinajstić information content (AvgIpc) is 2.36. The standard InChI is InChI=1S/C14H26N2O3/c1-4-7-11-8-5-6-9-16(11)14(19)15-12(10(2)3)13(17)18/h10-12H,4-9H2,1-3H3,(H,15,19)(H,17,18). The van der Waals surface area contributed by atoms with Gasteiger partial charge < -0.3 is 15.3 Å². The van der Waals surface area contributed by atoms with Crippen molar-refractivity contribution in [3.05, 3.63) is 0 Å². The zero-order valence-electron chi connectivity index (χ0n) is 12.2. The van der Waals surface area contributed by atoms with Crippen LogP contribution in [0.2, 0.25) is 0 Å². The third kappa shape index (κ3) is 4.40. The van der Waals surface area contributed by atoms with Gasteiger partial charge in [0.05, 0.1) is 0 Å². The van der Waals surface area contributed by atoms with Crippen LogP contribution in [0.3, 0.4) is 0 Å². The number of likely N-dealkylation sites (tertiary alicyclic amines) is 1. The fraction of sp³-hybridized carbons (Fsp3) is 0.857. The molecular weight excluding hydrogens is 244 g/mol. The van der Waals surface area contributed by atoms with Gasteiger partial charge in [-0.25, -0.2) is 9.59 Å². The molecule has 2 unspecified atom stereocenters. The Labute approximate surface area is 115 Å². The second kappa shape index (κ2) is 7.36. The predicted molar refractivity (Wildman–Crippen MR) is 74.0 cm³/mol. The first kappa shape index (κ1) is 15.8. The first-order chi connectivity index (χ1) is 8.97. The second-order valence-electron chi connectivity index (χ2n) is 5.64. The Kier molecular flexibility index (Phi) is 6.12. The fourth-order valence-electron chi connectivity index (χ4n) is 2.63. The molecule has 5 nitrogen and oxygen atoms in total. The summed E-state index contributed by atoms with van der Waals surface area (Å²) in [5, 5.41) is 11.8. The lowest BCUT2D eigenvalue weighted by atomic mass is 9.98. The highest BCUT2D eigenvalue weighted by atomic mass is 16.4. The molecule has 1 aliphatic rings. The molecule has 0 bridgehead atoms. The summed E-state index contributed by atoms with van der Waals surface area (Å²) in [4.78, 5) is 25.2. The lowest BCUT2D eigenvalue weighted by molar-refractivity contribution is -0.140. The third-order valence-electron chi connectivity index (χ3n) is 3.72. The Morgan fingerprint density at radius 2 is 2.05 bits per heavy atom. The van der Waals surface area contributed by atoms with E-state index in [1.165, 1.54) is 0 Å². The van der Waals surface area contributed by atoms with Crippen molar-refractivity contribution in [1.82, 2.24) is 10.2 Å². The van der Waals surface area contributed by atoms with E-state index in [0.29, 0.717) is 0 Å². The number of carbonyl (C=O) groups excluding carboxylic acids is 1. The van der Waals surface area contributed by atoms with Crippen molar-refractivity contribution in [1.29, 1.82) is 0 Å². The van der Waals surface area contributed by atoms with Crippen molar-refractivity contribution in [2.24, 2.45) is 5.92 Å². The first-order valence-corrected chi connectivity index (χ1v) is 7.27. The number of carboxylic acid groups (broad SMARTS) is 1. The van der Waals surface area contributed by atoms with Gasteiger partial charge in [0.15, 0.2) is 0 Å². The van der Waals surface area contributed by atoms with Gasteiger partial charge in [0, 0.05) is 12.6 Å². The Bertz CT molecular complexity index is 316. The van der Waals surface area contributed by atoms with Gasteiger partial charge in [-0.2, -0.15) is 0 Å². The van der Waals surface area contributed by atoms with Gasteiger partial charge in [-0.15, -0.1) is 0 Å². The van der Waals surface area contributed by atoms with Crippen molar-refractivity contribution in [3.63, 3.8) is 0 Å². The number of piperidine rings is 1. The number of carbonyl (C=O) groups is 2. The minimum absolute atomic E-state index is 0.115. The topological polar surface area (TPSA) is 69.6 Å². The van der Waals surface area contributed by atoms with E-state index >= 15 is 0 Å². The number of hydrogen-bond acceptors (Lipinski definition) is 2. The lowest BCUT2D eigenvalue weighted by Gasteiger charge is -2.36.